The third-order valence-corrected chi connectivity index (χ3v) is 8.26. The van der Waals surface area contributed by atoms with Gasteiger partial charge in [0.05, 0.1) is 4.90 Å². The fraction of sp³-hybridized carbons (Fsp3) is 0.208. The van der Waals surface area contributed by atoms with Gasteiger partial charge < -0.3 is 5.11 Å². The van der Waals surface area contributed by atoms with E-state index in [0.29, 0.717) is 11.4 Å². The largest absolute Gasteiger partial charge is 0.480 e. The molecular formula is C24H20ClNO4S. The van der Waals surface area contributed by atoms with Gasteiger partial charge in [0.15, 0.2) is 0 Å². The Balaban J connectivity index is 1.48. The van der Waals surface area contributed by atoms with Gasteiger partial charge in [0, 0.05) is 10.9 Å². The van der Waals surface area contributed by atoms with Gasteiger partial charge >= 0.3 is 5.97 Å². The molecule has 3 atom stereocenters. The van der Waals surface area contributed by atoms with Gasteiger partial charge in [-0.05, 0) is 64.4 Å². The van der Waals surface area contributed by atoms with E-state index in [-0.39, 0.29) is 10.8 Å². The van der Waals surface area contributed by atoms with E-state index in [1.54, 1.807) is 19.1 Å². The highest BCUT2D eigenvalue weighted by molar-refractivity contribution is 7.89. The predicted molar refractivity (Wildman–Crippen MR) is 119 cm³/mol. The molecule has 5 rings (SSSR count). The van der Waals surface area contributed by atoms with Crippen LogP contribution in [0.5, 0.6) is 0 Å². The summed E-state index contributed by atoms with van der Waals surface area (Å²) < 4.78 is 29.0. The molecule has 7 heteroatoms. The number of fused-ring (bicyclic) bond motifs is 3. The number of carboxylic acid groups (broad SMARTS) is 1. The highest BCUT2D eigenvalue weighted by atomic mass is 35.5. The van der Waals surface area contributed by atoms with Crippen molar-refractivity contribution in [2.24, 2.45) is 5.92 Å². The van der Waals surface area contributed by atoms with E-state index >= 15 is 0 Å². The summed E-state index contributed by atoms with van der Waals surface area (Å²) in [6.45, 7) is 1.76. The summed E-state index contributed by atoms with van der Waals surface area (Å²) in [6.07, 6.45) is 0.585. The average molecular weight is 454 g/mol. The quantitative estimate of drug-likeness (QED) is 0.467. The van der Waals surface area contributed by atoms with Gasteiger partial charge in [0.2, 0.25) is 10.0 Å². The first kappa shape index (κ1) is 20.2. The predicted octanol–water partition coefficient (Wildman–Crippen LogP) is 4.45. The summed E-state index contributed by atoms with van der Waals surface area (Å²) in [5.74, 6) is -1.97. The molecule has 0 aromatic heterocycles. The minimum Gasteiger partial charge on any atom is -0.480 e. The Hall–Kier alpha value is -2.67. The molecule has 3 aromatic rings. The van der Waals surface area contributed by atoms with Gasteiger partial charge in [-0.1, -0.05) is 61.0 Å². The second kappa shape index (κ2) is 6.92. The van der Waals surface area contributed by atoms with Crippen LogP contribution in [0.2, 0.25) is 5.02 Å². The zero-order chi connectivity index (χ0) is 22.0. The maximum atomic E-state index is 13.2. The van der Waals surface area contributed by atoms with Crippen molar-refractivity contribution in [3.8, 4) is 11.1 Å². The van der Waals surface area contributed by atoms with Crippen LogP contribution in [0.3, 0.4) is 0 Å². The lowest BCUT2D eigenvalue weighted by molar-refractivity contribution is -0.140. The van der Waals surface area contributed by atoms with Crippen LogP contribution in [-0.2, 0) is 21.2 Å². The van der Waals surface area contributed by atoms with Crippen molar-refractivity contribution in [3.05, 3.63) is 88.4 Å². The first-order valence-corrected chi connectivity index (χ1v) is 11.8. The lowest BCUT2D eigenvalue weighted by atomic mass is 10.1. The van der Waals surface area contributed by atoms with Crippen molar-refractivity contribution < 1.29 is 18.3 Å². The van der Waals surface area contributed by atoms with Crippen LogP contribution in [0.1, 0.15) is 29.5 Å². The van der Waals surface area contributed by atoms with Crippen molar-refractivity contribution in [1.29, 1.82) is 0 Å². The Bertz CT molecular complexity index is 1320. The number of rotatable bonds is 5. The highest BCUT2D eigenvalue weighted by Gasteiger charge is 2.70. The number of sulfonamides is 1. The maximum absolute atomic E-state index is 13.2. The van der Waals surface area contributed by atoms with Gasteiger partial charge in [-0.2, -0.15) is 4.72 Å². The zero-order valence-electron chi connectivity index (χ0n) is 16.7. The van der Waals surface area contributed by atoms with Crippen molar-refractivity contribution in [2.45, 2.75) is 29.7 Å². The van der Waals surface area contributed by atoms with Crippen LogP contribution in [0, 0.1) is 5.92 Å². The van der Waals surface area contributed by atoms with Crippen LogP contribution in [0.25, 0.3) is 11.1 Å². The monoisotopic (exact) mass is 453 g/mol. The first-order chi connectivity index (χ1) is 14.7. The van der Waals surface area contributed by atoms with Crippen LogP contribution in [0.4, 0.5) is 0 Å². The third-order valence-electron chi connectivity index (χ3n) is 6.54. The number of aliphatic carboxylic acids is 1. The number of carboxylic acids is 1. The van der Waals surface area contributed by atoms with E-state index in [0.717, 1.165) is 27.8 Å². The van der Waals surface area contributed by atoms with E-state index in [1.807, 2.05) is 48.5 Å². The van der Waals surface area contributed by atoms with E-state index in [9.17, 15) is 18.3 Å². The van der Waals surface area contributed by atoms with Crippen LogP contribution in [-0.4, -0.2) is 25.0 Å². The van der Waals surface area contributed by atoms with E-state index in [1.165, 1.54) is 6.07 Å². The van der Waals surface area contributed by atoms with Gasteiger partial charge in [0.1, 0.15) is 5.54 Å². The summed E-state index contributed by atoms with van der Waals surface area (Å²) in [4.78, 5) is 12.3. The zero-order valence-corrected chi connectivity index (χ0v) is 18.2. The van der Waals surface area contributed by atoms with Gasteiger partial charge in [-0.3, -0.25) is 4.79 Å². The topological polar surface area (TPSA) is 83.5 Å². The van der Waals surface area contributed by atoms with Crippen molar-refractivity contribution in [3.63, 3.8) is 0 Å². The SMILES string of the molecule is C[C@H]1C(c2ccccc2)[C@]1(NS(=O)(=O)c1ccc2c(c1)Cc1cc(Cl)ccc1-2)C(=O)O. The molecule has 158 valence electrons. The molecular weight excluding hydrogens is 434 g/mol. The molecule has 2 aliphatic rings. The minimum atomic E-state index is -4.05. The summed E-state index contributed by atoms with van der Waals surface area (Å²) in [7, 11) is -4.05. The number of benzene rings is 3. The molecule has 0 bridgehead atoms. The Kier molecular flexibility index (Phi) is 4.52. The van der Waals surface area contributed by atoms with E-state index in [2.05, 4.69) is 4.72 Å². The van der Waals surface area contributed by atoms with Gasteiger partial charge in [-0.25, -0.2) is 8.42 Å². The molecule has 0 radical (unpaired) electrons. The van der Waals surface area contributed by atoms with Gasteiger partial charge in [0.25, 0.3) is 0 Å². The number of hydrogen-bond acceptors (Lipinski definition) is 3. The van der Waals surface area contributed by atoms with Crippen molar-refractivity contribution >= 4 is 27.6 Å². The standard InChI is InChI=1S/C24H20ClNO4S/c1-14-22(15-5-3-2-4-6-15)24(14,23(27)28)26-31(29,30)19-8-10-21-17(13-19)11-16-12-18(25)7-9-20(16)21/h2-10,12-14,22,26H,11H2,1H3,(H,27,28)/t14-,22?,24-/m0/s1. The molecule has 2 N–H and O–H groups in total. The normalized spacial score (nSPS) is 23.8. The van der Waals surface area contributed by atoms with E-state index < -0.39 is 27.4 Å². The van der Waals surface area contributed by atoms with Crippen molar-refractivity contribution in [1.82, 2.24) is 4.72 Å². The highest BCUT2D eigenvalue weighted by Crippen LogP contribution is 2.58. The third kappa shape index (κ3) is 3.09. The number of nitrogens with one attached hydrogen (secondary N) is 1. The maximum Gasteiger partial charge on any atom is 0.325 e. The molecule has 0 aliphatic heterocycles. The second-order valence-electron chi connectivity index (χ2n) is 8.25. The minimum absolute atomic E-state index is 0.0664. The molecule has 3 aromatic carbocycles. The Morgan fingerprint density at radius 2 is 1.68 bits per heavy atom. The molecule has 0 heterocycles. The lowest BCUT2D eigenvalue weighted by Gasteiger charge is -2.16. The fourth-order valence-electron chi connectivity index (χ4n) is 4.90. The lowest BCUT2D eigenvalue weighted by Crippen LogP contribution is -2.45. The smallest absolute Gasteiger partial charge is 0.325 e. The van der Waals surface area contributed by atoms with Crippen LogP contribution < -0.4 is 4.72 Å². The van der Waals surface area contributed by atoms with Gasteiger partial charge in [-0.15, -0.1) is 0 Å². The average Bonchev–Trinajstić information content (AvgIpc) is 3.15. The number of carbonyl (C=O) groups is 1. The van der Waals surface area contributed by atoms with E-state index in [4.69, 9.17) is 11.6 Å². The molecule has 0 spiro atoms. The Morgan fingerprint density at radius 3 is 2.35 bits per heavy atom. The summed E-state index contributed by atoms with van der Waals surface area (Å²) >= 11 is 6.10. The molecule has 1 unspecified atom stereocenters. The summed E-state index contributed by atoms with van der Waals surface area (Å²) in [6, 6.07) is 19.7. The molecule has 5 nitrogen and oxygen atoms in total. The fourth-order valence-corrected chi connectivity index (χ4v) is 6.61. The molecule has 1 fully saturated rings. The van der Waals surface area contributed by atoms with Crippen LogP contribution >= 0.6 is 11.6 Å². The Morgan fingerprint density at radius 1 is 1.03 bits per heavy atom. The number of halogens is 1. The second-order valence-corrected chi connectivity index (χ2v) is 10.4. The molecule has 31 heavy (non-hydrogen) atoms. The summed E-state index contributed by atoms with van der Waals surface area (Å²) in [5, 5.41) is 10.6. The molecule has 2 aliphatic carbocycles. The molecule has 0 saturated heterocycles. The van der Waals surface area contributed by atoms with Crippen LogP contribution in [0.15, 0.2) is 71.6 Å². The summed E-state index contributed by atoms with van der Waals surface area (Å²) in [5.41, 5.74) is 3.19. The van der Waals surface area contributed by atoms with Crippen molar-refractivity contribution in [2.75, 3.05) is 0 Å². The first-order valence-electron chi connectivity index (χ1n) is 9.98. The Labute approximate surface area is 185 Å². The molecule has 0 amide bonds. The number of hydrogen-bond donors (Lipinski definition) is 2. The molecule has 1 saturated carbocycles.